The van der Waals surface area contributed by atoms with Crippen LogP contribution in [-0.4, -0.2) is 25.6 Å². The summed E-state index contributed by atoms with van der Waals surface area (Å²) in [4.78, 5) is 2.23. The number of halogens is 1. The predicted octanol–water partition coefficient (Wildman–Crippen LogP) is 3.48. The molecule has 0 aliphatic rings. The maximum absolute atomic E-state index is 6.21. The molecule has 2 aromatic carbocycles. The normalized spacial score (nSPS) is 12.4. The second kappa shape index (κ2) is 7.46. The van der Waals surface area contributed by atoms with Crippen LogP contribution in [0.3, 0.4) is 0 Å². The highest BCUT2D eigenvalue weighted by Crippen LogP contribution is 2.29. The number of nitrogens with two attached hydrogens (primary N) is 1. The van der Waals surface area contributed by atoms with Crippen molar-refractivity contribution in [1.82, 2.24) is 4.90 Å². The standard InChI is InChI=1S/C17H21ClN2O/c1-20(12-13-6-4-3-5-7-13)16(11-19)14-8-9-17(21-2)15(18)10-14/h3-10,16H,11-12,19H2,1-2H3. The Hall–Kier alpha value is -1.55. The zero-order valence-corrected chi connectivity index (χ0v) is 13.2. The van der Waals surface area contributed by atoms with Crippen LogP contribution in [0.15, 0.2) is 48.5 Å². The summed E-state index contributed by atoms with van der Waals surface area (Å²) >= 11 is 6.21. The van der Waals surface area contributed by atoms with Gasteiger partial charge in [-0.25, -0.2) is 0 Å². The number of hydrogen-bond acceptors (Lipinski definition) is 3. The molecule has 112 valence electrons. The molecule has 2 N–H and O–H groups in total. The third kappa shape index (κ3) is 3.97. The van der Waals surface area contributed by atoms with Crippen molar-refractivity contribution in [3.63, 3.8) is 0 Å². The third-order valence-corrected chi connectivity index (χ3v) is 3.89. The molecule has 0 saturated heterocycles. The molecule has 0 aliphatic heterocycles. The minimum Gasteiger partial charge on any atom is -0.495 e. The minimum absolute atomic E-state index is 0.119. The van der Waals surface area contributed by atoms with E-state index in [9.17, 15) is 0 Å². The molecule has 0 aromatic heterocycles. The quantitative estimate of drug-likeness (QED) is 0.888. The van der Waals surface area contributed by atoms with Crippen molar-refractivity contribution in [2.75, 3.05) is 20.7 Å². The molecule has 0 heterocycles. The Morgan fingerprint density at radius 1 is 1.19 bits per heavy atom. The number of likely N-dealkylation sites (N-methyl/N-ethyl adjacent to an activating group) is 1. The number of benzene rings is 2. The monoisotopic (exact) mass is 304 g/mol. The van der Waals surface area contributed by atoms with Crippen LogP contribution in [0, 0.1) is 0 Å². The lowest BCUT2D eigenvalue weighted by Gasteiger charge is -2.27. The van der Waals surface area contributed by atoms with Gasteiger partial charge in [-0.15, -0.1) is 0 Å². The van der Waals surface area contributed by atoms with E-state index in [0.717, 1.165) is 12.1 Å². The fraction of sp³-hybridized carbons (Fsp3) is 0.294. The molecule has 1 atom stereocenters. The SMILES string of the molecule is COc1ccc(C(CN)N(C)Cc2ccccc2)cc1Cl. The molecule has 2 rings (SSSR count). The van der Waals surface area contributed by atoms with Gasteiger partial charge < -0.3 is 10.5 Å². The fourth-order valence-electron chi connectivity index (χ4n) is 2.44. The number of methoxy groups -OCH3 is 1. The Labute approximate surface area is 131 Å². The number of rotatable bonds is 6. The van der Waals surface area contributed by atoms with Gasteiger partial charge in [0.2, 0.25) is 0 Å². The van der Waals surface area contributed by atoms with Gasteiger partial charge in [-0.05, 0) is 30.3 Å². The van der Waals surface area contributed by atoms with E-state index in [-0.39, 0.29) is 6.04 Å². The highest BCUT2D eigenvalue weighted by molar-refractivity contribution is 6.32. The Kier molecular flexibility index (Phi) is 5.62. The van der Waals surface area contributed by atoms with Crippen LogP contribution >= 0.6 is 11.6 Å². The van der Waals surface area contributed by atoms with Gasteiger partial charge in [-0.3, -0.25) is 4.90 Å². The van der Waals surface area contributed by atoms with E-state index in [0.29, 0.717) is 17.3 Å². The molecule has 0 saturated carbocycles. The molecule has 0 fully saturated rings. The smallest absolute Gasteiger partial charge is 0.137 e. The lowest BCUT2D eigenvalue weighted by Crippen LogP contribution is -2.30. The van der Waals surface area contributed by atoms with Crippen molar-refractivity contribution < 1.29 is 4.74 Å². The largest absolute Gasteiger partial charge is 0.495 e. The lowest BCUT2D eigenvalue weighted by atomic mass is 10.0. The van der Waals surface area contributed by atoms with Crippen molar-refractivity contribution in [3.8, 4) is 5.75 Å². The summed E-state index contributed by atoms with van der Waals surface area (Å²) in [6.45, 7) is 1.37. The molecule has 0 aliphatic carbocycles. The van der Waals surface area contributed by atoms with E-state index in [2.05, 4.69) is 24.1 Å². The molecular formula is C17H21ClN2O. The van der Waals surface area contributed by atoms with Gasteiger partial charge in [0, 0.05) is 19.1 Å². The summed E-state index contributed by atoms with van der Waals surface area (Å²) < 4.78 is 5.19. The third-order valence-electron chi connectivity index (χ3n) is 3.59. The van der Waals surface area contributed by atoms with Gasteiger partial charge in [0.05, 0.1) is 12.1 Å². The highest BCUT2D eigenvalue weighted by Gasteiger charge is 2.17. The van der Waals surface area contributed by atoms with Gasteiger partial charge in [-0.1, -0.05) is 48.0 Å². The predicted molar refractivity (Wildman–Crippen MR) is 87.7 cm³/mol. The van der Waals surface area contributed by atoms with Gasteiger partial charge in [-0.2, -0.15) is 0 Å². The Bertz CT molecular complexity index is 574. The zero-order valence-electron chi connectivity index (χ0n) is 12.4. The molecule has 4 heteroatoms. The van der Waals surface area contributed by atoms with Crippen LogP contribution in [0.5, 0.6) is 5.75 Å². The maximum atomic E-state index is 6.21. The molecule has 2 aromatic rings. The molecule has 1 unspecified atom stereocenters. The summed E-state index contributed by atoms with van der Waals surface area (Å²) in [5.41, 5.74) is 8.32. The van der Waals surface area contributed by atoms with Crippen molar-refractivity contribution in [1.29, 1.82) is 0 Å². The molecule has 0 spiro atoms. The van der Waals surface area contributed by atoms with Crippen LogP contribution in [-0.2, 0) is 6.54 Å². The average molecular weight is 305 g/mol. The van der Waals surface area contributed by atoms with E-state index in [1.54, 1.807) is 7.11 Å². The number of nitrogens with zero attached hydrogens (tertiary/aromatic N) is 1. The zero-order chi connectivity index (χ0) is 15.2. The summed E-state index contributed by atoms with van der Waals surface area (Å²) in [7, 11) is 3.69. The molecule has 0 radical (unpaired) electrons. The Morgan fingerprint density at radius 3 is 2.48 bits per heavy atom. The van der Waals surface area contributed by atoms with Gasteiger partial charge in [0.15, 0.2) is 0 Å². The van der Waals surface area contributed by atoms with Crippen LogP contribution < -0.4 is 10.5 Å². The van der Waals surface area contributed by atoms with E-state index in [1.165, 1.54) is 5.56 Å². The average Bonchev–Trinajstić information content (AvgIpc) is 2.49. The van der Waals surface area contributed by atoms with Crippen molar-refractivity contribution >= 4 is 11.6 Å². The van der Waals surface area contributed by atoms with E-state index in [4.69, 9.17) is 22.1 Å². The topological polar surface area (TPSA) is 38.5 Å². The second-order valence-electron chi connectivity index (χ2n) is 5.05. The van der Waals surface area contributed by atoms with Crippen molar-refractivity contribution in [2.45, 2.75) is 12.6 Å². The second-order valence-corrected chi connectivity index (χ2v) is 5.45. The number of hydrogen-bond donors (Lipinski definition) is 1. The van der Waals surface area contributed by atoms with Crippen LogP contribution in [0.1, 0.15) is 17.2 Å². The minimum atomic E-state index is 0.119. The summed E-state index contributed by atoms with van der Waals surface area (Å²) in [5, 5.41) is 0.613. The van der Waals surface area contributed by atoms with E-state index in [1.807, 2.05) is 36.4 Å². The van der Waals surface area contributed by atoms with Crippen LogP contribution in [0.4, 0.5) is 0 Å². The molecule has 3 nitrogen and oxygen atoms in total. The first-order valence-electron chi connectivity index (χ1n) is 6.93. The van der Waals surface area contributed by atoms with Crippen LogP contribution in [0.25, 0.3) is 0 Å². The summed E-state index contributed by atoms with van der Waals surface area (Å²) in [6.07, 6.45) is 0. The fourth-order valence-corrected chi connectivity index (χ4v) is 2.71. The van der Waals surface area contributed by atoms with Gasteiger partial charge in [0.1, 0.15) is 5.75 Å². The lowest BCUT2D eigenvalue weighted by molar-refractivity contribution is 0.241. The Balaban J connectivity index is 2.16. The summed E-state index contributed by atoms with van der Waals surface area (Å²) in [5.74, 6) is 0.682. The first-order chi connectivity index (χ1) is 10.2. The van der Waals surface area contributed by atoms with Crippen molar-refractivity contribution in [2.24, 2.45) is 5.73 Å². The Morgan fingerprint density at radius 2 is 1.90 bits per heavy atom. The molecule has 0 bridgehead atoms. The van der Waals surface area contributed by atoms with E-state index < -0.39 is 0 Å². The van der Waals surface area contributed by atoms with Crippen molar-refractivity contribution in [3.05, 3.63) is 64.7 Å². The van der Waals surface area contributed by atoms with Gasteiger partial charge in [0.25, 0.3) is 0 Å². The highest BCUT2D eigenvalue weighted by atomic mass is 35.5. The number of ether oxygens (including phenoxy) is 1. The van der Waals surface area contributed by atoms with Crippen LogP contribution in [0.2, 0.25) is 5.02 Å². The maximum Gasteiger partial charge on any atom is 0.137 e. The molecule has 0 amide bonds. The van der Waals surface area contributed by atoms with E-state index >= 15 is 0 Å². The first kappa shape index (κ1) is 15.8. The summed E-state index contributed by atoms with van der Waals surface area (Å²) in [6, 6.07) is 16.3. The molecular weight excluding hydrogens is 284 g/mol. The van der Waals surface area contributed by atoms with Gasteiger partial charge >= 0.3 is 0 Å². The first-order valence-corrected chi connectivity index (χ1v) is 7.31. The molecule has 21 heavy (non-hydrogen) atoms.